The average molecular weight is 295 g/mol. The molecule has 1 aliphatic heterocycles. The molecule has 1 saturated heterocycles. The van der Waals surface area contributed by atoms with Crippen LogP contribution >= 0.6 is 11.8 Å². The summed E-state index contributed by atoms with van der Waals surface area (Å²) in [6.07, 6.45) is 3.55. The van der Waals surface area contributed by atoms with E-state index in [-0.39, 0.29) is 5.82 Å². The Morgan fingerprint density at radius 1 is 1.55 bits per heavy atom. The minimum absolute atomic E-state index is 0.334. The van der Waals surface area contributed by atoms with Gasteiger partial charge in [-0.2, -0.15) is 11.8 Å². The molecular weight excluding hydrogens is 277 g/mol. The number of nitrogens with zero attached hydrogens (tertiary/aromatic N) is 1. The van der Waals surface area contributed by atoms with E-state index in [9.17, 15) is 9.18 Å². The number of thioether (sulfide) groups is 1. The SMILES string of the molecule is CCC1CN(c2cc(F)cc(/C=C/C(=O)O)c2)CCS1. The van der Waals surface area contributed by atoms with Gasteiger partial charge in [0.15, 0.2) is 0 Å². The third-order valence-corrected chi connectivity index (χ3v) is 4.65. The van der Waals surface area contributed by atoms with Crippen LogP contribution in [0.1, 0.15) is 18.9 Å². The van der Waals surface area contributed by atoms with Gasteiger partial charge in [-0.05, 0) is 36.3 Å². The molecule has 0 saturated carbocycles. The molecule has 1 atom stereocenters. The second-order valence-electron chi connectivity index (χ2n) is 4.76. The van der Waals surface area contributed by atoms with Crippen LogP contribution in [0.4, 0.5) is 10.1 Å². The predicted octanol–water partition coefficient (Wildman–Crippen LogP) is 3.26. The summed E-state index contributed by atoms with van der Waals surface area (Å²) in [4.78, 5) is 12.7. The van der Waals surface area contributed by atoms with Crippen molar-refractivity contribution in [1.82, 2.24) is 0 Å². The summed E-state index contributed by atoms with van der Waals surface area (Å²) in [5.74, 6) is -0.329. The van der Waals surface area contributed by atoms with Crippen LogP contribution in [0.15, 0.2) is 24.3 Å². The highest BCUT2D eigenvalue weighted by Gasteiger charge is 2.19. The Bertz CT molecular complexity index is 519. The number of hydrogen-bond acceptors (Lipinski definition) is 3. The molecule has 0 radical (unpaired) electrons. The summed E-state index contributed by atoms with van der Waals surface area (Å²) in [5, 5.41) is 9.21. The van der Waals surface area contributed by atoms with E-state index in [0.29, 0.717) is 10.8 Å². The maximum absolute atomic E-state index is 13.7. The van der Waals surface area contributed by atoms with Crippen LogP contribution in [-0.4, -0.2) is 35.2 Å². The number of benzene rings is 1. The molecule has 1 heterocycles. The van der Waals surface area contributed by atoms with Gasteiger partial charge in [-0.25, -0.2) is 9.18 Å². The van der Waals surface area contributed by atoms with Crippen LogP contribution in [0.2, 0.25) is 0 Å². The maximum Gasteiger partial charge on any atom is 0.328 e. The fourth-order valence-electron chi connectivity index (χ4n) is 2.24. The van der Waals surface area contributed by atoms with Gasteiger partial charge in [-0.3, -0.25) is 0 Å². The maximum atomic E-state index is 13.7. The first-order valence-corrected chi connectivity index (χ1v) is 7.71. The molecule has 5 heteroatoms. The van der Waals surface area contributed by atoms with Gasteiger partial charge in [0.25, 0.3) is 0 Å². The van der Waals surface area contributed by atoms with E-state index in [1.54, 1.807) is 0 Å². The first-order valence-electron chi connectivity index (χ1n) is 6.66. The fourth-order valence-corrected chi connectivity index (χ4v) is 3.42. The van der Waals surface area contributed by atoms with E-state index >= 15 is 0 Å². The summed E-state index contributed by atoms with van der Waals surface area (Å²) in [6, 6.07) is 4.70. The summed E-state index contributed by atoms with van der Waals surface area (Å²) >= 11 is 1.96. The lowest BCUT2D eigenvalue weighted by Gasteiger charge is -2.33. The second kappa shape index (κ2) is 6.79. The smallest absolute Gasteiger partial charge is 0.328 e. The summed E-state index contributed by atoms with van der Waals surface area (Å²) in [7, 11) is 0. The lowest BCUT2D eigenvalue weighted by Crippen LogP contribution is -2.37. The average Bonchev–Trinajstić information content (AvgIpc) is 2.44. The van der Waals surface area contributed by atoms with Gasteiger partial charge in [-0.15, -0.1) is 0 Å². The van der Waals surface area contributed by atoms with Crippen molar-refractivity contribution >= 4 is 29.5 Å². The first-order chi connectivity index (χ1) is 9.58. The minimum atomic E-state index is -1.03. The lowest BCUT2D eigenvalue weighted by atomic mass is 10.1. The van der Waals surface area contributed by atoms with Crippen molar-refractivity contribution in [1.29, 1.82) is 0 Å². The zero-order chi connectivity index (χ0) is 14.5. The number of anilines is 1. The van der Waals surface area contributed by atoms with E-state index in [4.69, 9.17) is 5.11 Å². The number of rotatable bonds is 4. The molecular formula is C15H18FNO2S. The third kappa shape index (κ3) is 4.00. The normalized spacial score (nSPS) is 19.5. The van der Waals surface area contributed by atoms with Gasteiger partial charge in [0.1, 0.15) is 5.82 Å². The molecule has 2 rings (SSSR count). The van der Waals surface area contributed by atoms with Crippen molar-refractivity contribution in [2.24, 2.45) is 0 Å². The van der Waals surface area contributed by atoms with E-state index in [1.807, 2.05) is 17.8 Å². The molecule has 3 nitrogen and oxygen atoms in total. The molecule has 0 aromatic heterocycles. The molecule has 1 aromatic rings. The zero-order valence-corrected chi connectivity index (χ0v) is 12.2. The highest BCUT2D eigenvalue weighted by Crippen LogP contribution is 2.27. The Morgan fingerprint density at radius 3 is 3.05 bits per heavy atom. The Kier molecular flexibility index (Phi) is 5.06. The van der Waals surface area contributed by atoms with Gasteiger partial charge in [0.05, 0.1) is 0 Å². The molecule has 108 valence electrons. The molecule has 0 spiro atoms. The van der Waals surface area contributed by atoms with Crippen molar-refractivity contribution in [3.05, 3.63) is 35.7 Å². The largest absolute Gasteiger partial charge is 0.478 e. The van der Waals surface area contributed by atoms with Gasteiger partial charge in [0.2, 0.25) is 0 Å². The number of carboxylic acids is 1. The summed E-state index contributed by atoms with van der Waals surface area (Å²) < 4.78 is 13.7. The van der Waals surface area contributed by atoms with Crippen molar-refractivity contribution in [3.63, 3.8) is 0 Å². The highest BCUT2D eigenvalue weighted by atomic mass is 32.2. The van der Waals surface area contributed by atoms with Crippen LogP contribution in [0.25, 0.3) is 6.08 Å². The Balaban J connectivity index is 2.20. The van der Waals surface area contributed by atoms with Crippen LogP contribution < -0.4 is 4.90 Å². The van der Waals surface area contributed by atoms with Crippen molar-refractivity contribution in [3.8, 4) is 0 Å². The molecule has 0 aliphatic carbocycles. The third-order valence-electron chi connectivity index (χ3n) is 3.28. The molecule has 1 aliphatic rings. The monoisotopic (exact) mass is 295 g/mol. The Morgan fingerprint density at radius 2 is 2.35 bits per heavy atom. The second-order valence-corrected chi connectivity index (χ2v) is 6.17. The minimum Gasteiger partial charge on any atom is -0.478 e. The van der Waals surface area contributed by atoms with E-state index < -0.39 is 5.97 Å². The summed E-state index contributed by atoms with van der Waals surface area (Å²) in [5.41, 5.74) is 1.41. The molecule has 1 fully saturated rings. The van der Waals surface area contributed by atoms with Crippen molar-refractivity contribution in [2.75, 3.05) is 23.7 Å². The molecule has 1 aromatic carbocycles. The van der Waals surface area contributed by atoms with Crippen LogP contribution in [0.3, 0.4) is 0 Å². The zero-order valence-electron chi connectivity index (χ0n) is 11.4. The molecule has 0 bridgehead atoms. The Hall–Kier alpha value is -1.49. The van der Waals surface area contributed by atoms with Gasteiger partial charge in [-0.1, -0.05) is 6.92 Å². The highest BCUT2D eigenvalue weighted by molar-refractivity contribution is 8.00. The Labute approximate surface area is 122 Å². The topological polar surface area (TPSA) is 40.5 Å². The summed E-state index contributed by atoms with van der Waals surface area (Å²) in [6.45, 7) is 3.97. The molecule has 1 unspecified atom stereocenters. The lowest BCUT2D eigenvalue weighted by molar-refractivity contribution is -0.131. The van der Waals surface area contributed by atoms with Gasteiger partial charge in [0, 0.05) is 35.9 Å². The van der Waals surface area contributed by atoms with E-state index in [1.165, 1.54) is 18.2 Å². The quantitative estimate of drug-likeness (QED) is 0.866. The fraction of sp³-hybridized carbons (Fsp3) is 0.400. The van der Waals surface area contributed by atoms with E-state index in [2.05, 4.69) is 11.8 Å². The van der Waals surface area contributed by atoms with Crippen LogP contribution in [0.5, 0.6) is 0 Å². The number of halogens is 1. The predicted molar refractivity (Wildman–Crippen MR) is 81.8 cm³/mol. The number of hydrogen-bond donors (Lipinski definition) is 1. The van der Waals surface area contributed by atoms with Gasteiger partial charge < -0.3 is 10.0 Å². The standard InChI is InChI=1S/C15H18FNO2S/c1-2-14-10-17(5-6-20-14)13-8-11(3-4-15(18)19)7-12(16)9-13/h3-4,7-9,14H,2,5-6,10H2,1H3,(H,18,19)/b4-3+. The first kappa shape index (κ1) is 14.9. The number of carbonyl (C=O) groups is 1. The van der Waals surface area contributed by atoms with Crippen molar-refractivity contribution in [2.45, 2.75) is 18.6 Å². The molecule has 20 heavy (non-hydrogen) atoms. The van der Waals surface area contributed by atoms with Gasteiger partial charge >= 0.3 is 5.97 Å². The van der Waals surface area contributed by atoms with Crippen LogP contribution in [0, 0.1) is 5.82 Å². The molecule has 0 amide bonds. The van der Waals surface area contributed by atoms with Crippen LogP contribution in [-0.2, 0) is 4.79 Å². The van der Waals surface area contributed by atoms with E-state index in [0.717, 1.165) is 37.0 Å². The van der Waals surface area contributed by atoms with Crippen molar-refractivity contribution < 1.29 is 14.3 Å². The number of aliphatic carboxylic acids is 1. The molecule has 1 N–H and O–H groups in total. The number of carboxylic acid groups (broad SMARTS) is 1.